The molecule has 1 N–H and O–H groups in total. The number of hydrogen-bond acceptors (Lipinski definition) is 12. The number of phenolic OH excluding ortho intramolecular Hbond substituents is 1. The van der Waals surface area contributed by atoms with E-state index in [-0.39, 0.29) is 27.4 Å². The number of benzene rings is 4. The van der Waals surface area contributed by atoms with Crippen molar-refractivity contribution in [3.63, 3.8) is 0 Å². The first kappa shape index (κ1) is 25.6. The van der Waals surface area contributed by atoms with Gasteiger partial charge in [0.1, 0.15) is 36.0 Å². The van der Waals surface area contributed by atoms with E-state index in [2.05, 4.69) is 10.2 Å². The van der Waals surface area contributed by atoms with Crippen LogP contribution in [-0.4, -0.2) is 44.0 Å². The van der Waals surface area contributed by atoms with E-state index >= 15 is 0 Å². The molecule has 0 aliphatic heterocycles. The molecule has 36 heavy (non-hydrogen) atoms. The first-order chi connectivity index (χ1) is 16.6. The maximum Gasteiger partial charge on any atom is 0.161 e. The number of fused-ring (bicyclic) bond motifs is 2. The van der Waals surface area contributed by atoms with Crippen molar-refractivity contribution >= 4 is 63.3 Å². The quantitative estimate of drug-likeness (QED) is 0.283. The lowest BCUT2D eigenvalue weighted by Crippen LogP contribution is -2.03. The van der Waals surface area contributed by atoms with Crippen molar-refractivity contribution in [2.24, 2.45) is 10.2 Å². The number of rotatable bonds is 5. The summed E-state index contributed by atoms with van der Waals surface area (Å²) in [6.07, 6.45) is 0. The van der Waals surface area contributed by atoms with E-state index in [9.17, 15) is 44.0 Å². The lowest BCUT2D eigenvalue weighted by molar-refractivity contribution is 0.436. The van der Waals surface area contributed by atoms with Crippen molar-refractivity contribution in [1.82, 2.24) is 0 Å². The summed E-state index contributed by atoms with van der Waals surface area (Å²) in [5, 5.41) is 17.7. The molecule has 4 rings (SSSR count). The molecular formula is C21H13N2O10S3-3. The van der Waals surface area contributed by atoms with Crippen molar-refractivity contribution < 1.29 is 44.0 Å². The summed E-state index contributed by atoms with van der Waals surface area (Å²) >= 11 is 0. The van der Waals surface area contributed by atoms with E-state index in [0.717, 1.165) is 24.3 Å². The molecule has 15 heteroatoms. The fraction of sp³-hybridized carbons (Fsp3) is 0.0476. The standard InChI is InChI=1S/C21H16N2O10S3/c1-11-8-12-10-18(36(31,32)33)21(24)20(19(12)17(9-11)35(28,29)30)23-22-15-6-7-16(34(25,26)27)14-5-3-2-4-13(14)15/h2-10,24H,1H3,(H,25,26,27)(H,28,29,30)(H,31,32,33)/p-3. The number of nitrogens with zero attached hydrogens (tertiary/aromatic N) is 2. The second-order valence-corrected chi connectivity index (χ2v) is 11.7. The van der Waals surface area contributed by atoms with E-state index in [0.29, 0.717) is 0 Å². The zero-order valence-electron chi connectivity index (χ0n) is 17.9. The Labute approximate surface area is 204 Å². The summed E-state index contributed by atoms with van der Waals surface area (Å²) < 4.78 is 106. The van der Waals surface area contributed by atoms with Gasteiger partial charge in [-0.2, -0.15) is 0 Å². The lowest BCUT2D eigenvalue weighted by Gasteiger charge is -2.17. The van der Waals surface area contributed by atoms with Crippen LogP contribution in [0.2, 0.25) is 0 Å². The molecule has 0 aromatic heterocycles. The van der Waals surface area contributed by atoms with Crippen molar-refractivity contribution in [2.75, 3.05) is 0 Å². The first-order valence-corrected chi connectivity index (χ1v) is 13.9. The minimum absolute atomic E-state index is 0.00707. The Morgan fingerprint density at radius 3 is 1.86 bits per heavy atom. The Hall–Kier alpha value is -3.47. The molecule has 0 bridgehead atoms. The van der Waals surface area contributed by atoms with Gasteiger partial charge in [0.15, 0.2) is 5.75 Å². The van der Waals surface area contributed by atoms with Crippen LogP contribution < -0.4 is 0 Å². The predicted molar refractivity (Wildman–Crippen MR) is 122 cm³/mol. The first-order valence-electron chi connectivity index (χ1n) is 9.70. The Bertz CT molecular complexity index is 1930. The normalized spacial score (nSPS) is 13.1. The summed E-state index contributed by atoms with van der Waals surface area (Å²) in [4.78, 5) is -2.50. The van der Waals surface area contributed by atoms with Crippen molar-refractivity contribution in [3.8, 4) is 5.75 Å². The van der Waals surface area contributed by atoms with Crippen LogP contribution in [0.5, 0.6) is 5.75 Å². The Balaban J connectivity index is 2.10. The van der Waals surface area contributed by atoms with Gasteiger partial charge in [0.2, 0.25) is 0 Å². The molecule has 188 valence electrons. The fourth-order valence-electron chi connectivity index (χ4n) is 3.74. The molecule has 0 radical (unpaired) electrons. The highest BCUT2D eigenvalue weighted by Crippen LogP contribution is 2.44. The van der Waals surface area contributed by atoms with Crippen LogP contribution in [0.4, 0.5) is 11.4 Å². The van der Waals surface area contributed by atoms with Crippen molar-refractivity contribution in [1.29, 1.82) is 0 Å². The van der Waals surface area contributed by atoms with E-state index in [1.54, 1.807) is 0 Å². The second-order valence-electron chi connectivity index (χ2n) is 7.62. The third-order valence-electron chi connectivity index (χ3n) is 5.18. The SMILES string of the molecule is Cc1cc(S(=O)(=O)[O-])c2c(N=Nc3ccc(S(=O)(=O)[O-])c4ccccc34)c(O)c(S(=O)(=O)[O-])cc2c1. The largest absolute Gasteiger partial charge is 0.744 e. The van der Waals surface area contributed by atoms with Crippen molar-refractivity contribution in [3.05, 3.63) is 60.2 Å². The molecule has 0 aliphatic carbocycles. The number of phenols is 1. The summed E-state index contributed by atoms with van der Waals surface area (Å²) in [5.74, 6) is -1.24. The van der Waals surface area contributed by atoms with Crippen LogP contribution in [0, 0.1) is 6.92 Å². The molecule has 4 aromatic rings. The lowest BCUT2D eigenvalue weighted by atomic mass is 10.1. The zero-order chi connectivity index (χ0) is 26.6. The summed E-state index contributed by atoms with van der Waals surface area (Å²) in [6, 6.07) is 10.8. The molecule has 0 aliphatic rings. The molecule has 4 aromatic carbocycles. The average Bonchev–Trinajstić information content (AvgIpc) is 2.75. The molecule has 0 saturated heterocycles. The van der Waals surface area contributed by atoms with Crippen LogP contribution in [-0.2, 0) is 30.4 Å². The number of aryl methyl sites for hydroxylation is 1. The molecule has 0 saturated carbocycles. The summed E-state index contributed by atoms with van der Waals surface area (Å²) in [5.41, 5.74) is -0.610. The molecule has 0 unspecified atom stereocenters. The minimum atomic E-state index is -5.28. The summed E-state index contributed by atoms with van der Waals surface area (Å²) in [6.45, 7) is 1.42. The number of azo groups is 1. The van der Waals surface area contributed by atoms with E-state index in [1.807, 2.05) is 0 Å². The fourth-order valence-corrected chi connectivity index (χ4v) is 5.82. The van der Waals surface area contributed by atoms with Gasteiger partial charge in [-0.3, -0.25) is 0 Å². The predicted octanol–water partition coefficient (Wildman–Crippen LogP) is 3.13. The van der Waals surface area contributed by atoms with Gasteiger partial charge in [0, 0.05) is 16.2 Å². The van der Waals surface area contributed by atoms with Gasteiger partial charge < -0.3 is 18.8 Å². The van der Waals surface area contributed by atoms with Crippen LogP contribution in [0.1, 0.15) is 5.56 Å². The molecule has 12 nitrogen and oxygen atoms in total. The van der Waals surface area contributed by atoms with Gasteiger partial charge in [0.05, 0.1) is 20.4 Å². The van der Waals surface area contributed by atoms with Crippen LogP contribution in [0.15, 0.2) is 79.5 Å². The molecule has 0 heterocycles. The maximum atomic E-state index is 11.9. The topological polar surface area (TPSA) is 217 Å². The Morgan fingerprint density at radius 2 is 1.28 bits per heavy atom. The molecule has 0 amide bonds. The maximum absolute atomic E-state index is 11.9. The van der Waals surface area contributed by atoms with E-state index < -0.39 is 61.9 Å². The smallest absolute Gasteiger partial charge is 0.161 e. The van der Waals surface area contributed by atoms with Gasteiger partial charge in [-0.05, 0) is 42.1 Å². The van der Waals surface area contributed by atoms with Gasteiger partial charge in [-0.15, -0.1) is 10.2 Å². The molecule has 0 atom stereocenters. The monoisotopic (exact) mass is 549 g/mol. The third-order valence-corrected chi connectivity index (χ3v) is 7.79. The highest BCUT2D eigenvalue weighted by atomic mass is 32.2. The van der Waals surface area contributed by atoms with Crippen LogP contribution >= 0.6 is 0 Å². The third kappa shape index (κ3) is 4.67. The molecule has 0 spiro atoms. The molecular weight excluding hydrogens is 536 g/mol. The van der Waals surface area contributed by atoms with Crippen molar-refractivity contribution in [2.45, 2.75) is 21.6 Å². The highest BCUT2D eigenvalue weighted by molar-refractivity contribution is 7.86. The van der Waals surface area contributed by atoms with E-state index in [1.165, 1.54) is 37.3 Å². The Morgan fingerprint density at radius 1 is 0.694 bits per heavy atom. The Kier molecular flexibility index (Phi) is 6.10. The number of hydrogen-bond donors (Lipinski definition) is 1. The minimum Gasteiger partial charge on any atom is -0.744 e. The van der Waals surface area contributed by atoms with Gasteiger partial charge in [-0.25, -0.2) is 25.3 Å². The van der Waals surface area contributed by atoms with Crippen LogP contribution in [0.3, 0.4) is 0 Å². The second kappa shape index (κ2) is 8.58. The van der Waals surface area contributed by atoms with E-state index in [4.69, 9.17) is 0 Å². The average molecular weight is 550 g/mol. The summed E-state index contributed by atoms with van der Waals surface area (Å²) in [7, 11) is -15.3. The van der Waals surface area contributed by atoms with Crippen LogP contribution in [0.25, 0.3) is 21.5 Å². The van der Waals surface area contributed by atoms with Gasteiger partial charge >= 0.3 is 0 Å². The highest BCUT2D eigenvalue weighted by Gasteiger charge is 2.22. The van der Waals surface area contributed by atoms with Gasteiger partial charge in [-0.1, -0.05) is 30.3 Å². The molecule has 0 fully saturated rings. The van der Waals surface area contributed by atoms with Gasteiger partial charge in [0.25, 0.3) is 0 Å². The number of aromatic hydroxyl groups is 1. The zero-order valence-corrected chi connectivity index (χ0v) is 20.4.